The zero-order valence-electron chi connectivity index (χ0n) is 20.0. The van der Waals surface area contributed by atoms with Gasteiger partial charge in [-0.05, 0) is 42.0 Å². The number of rotatable bonds is 6. The van der Waals surface area contributed by atoms with Gasteiger partial charge in [0, 0.05) is 42.6 Å². The van der Waals surface area contributed by atoms with Crippen molar-refractivity contribution in [2.75, 3.05) is 5.32 Å². The van der Waals surface area contributed by atoms with Gasteiger partial charge < -0.3 is 10.6 Å². The molecule has 3 heterocycles. The number of amides is 2. The second-order valence-electron chi connectivity index (χ2n) is 8.53. The minimum absolute atomic E-state index is 0.0267. The SMILES string of the molecule is CC(=O)NCc1ccn2c(NC(=O)c3ccc(C(F)(F)F)c(-c4ccn[nH]4)c3)c(-c3ccccc3)nc2c1. The van der Waals surface area contributed by atoms with Gasteiger partial charge in [0.25, 0.3) is 5.91 Å². The van der Waals surface area contributed by atoms with E-state index in [1.54, 1.807) is 22.7 Å². The second-order valence-corrected chi connectivity index (χ2v) is 8.53. The number of halogens is 3. The molecule has 0 aliphatic heterocycles. The van der Waals surface area contributed by atoms with Crippen LogP contribution in [-0.2, 0) is 17.5 Å². The third kappa shape index (κ3) is 4.99. The Morgan fingerprint density at radius 1 is 1.03 bits per heavy atom. The van der Waals surface area contributed by atoms with E-state index in [9.17, 15) is 22.8 Å². The Labute approximate surface area is 214 Å². The number of alkyl halides is 3. The number of carbonyl (C=O) groups excluding carboxylic acids is 2. The number of nitrogens with one attached hydrogen (secondary N) is 3. The molecule has 0 saturated heterocycles. The molecular formula is C27H21F3N6O2. The predicted octanol–water partition coefficient (Wildman–Crippen LogP) is 5.30. The molecule has 3 aromatic heterocycles. The Bertz CT molecular complexity index is 1630. The van der Waals surface area contributed by atoms with Crippen molar-refractivity contribution in [2.45, 2.75) is 19.6 Å². The van der Waals surface area contributed by atoms with Crippen LogP contribution in [0.5, 0.6) is 0 Å². The smallest absolute Gasteiger partial charge is 0.352 e. The van der Waals surface area contributed by atoms with E-state index in [1.807, 2.05) is 30.3 Å². The van der Waals surface area contributed by atoms with Crippen LogP contribution in [0.3, 0.4) is 0 Å². The molecule has 2 amide bonds. The minimum atomic E-state index is -4.62. The molecule has 0 saturated carbocycles. The number of fused-ring (bicyclic) bond motifs is 1. The summed E-state index contributed by atoms with van der Waals surface area (Å²) in [6.07, 6.45) is -1.57. The van der Waals surface area contributed by atoms with Crippen LogP contribution in [0.4, 0.5) is 19.0 Å². The summed E-state index contributed by atoms with van der Waals surface area (Å²) in [6.45, 7) is 1.73. The molecule has 5 aromatic rings. The number of anilines is 1. The molecule has 3 N–H and O–H groups in total. The van der Waals surface area contributed by atoms with Crippen LogP contribution >= 0.6 is 0 Å². The zero-order valence-corrected chi connectivity index (χ0v) is 20.0. The molecule has 0 bridgehead atoms. The van der Waals surface area contributed by atoms with Gasteiger partial charge in [0.1, 0.15) is 17.2 Å². The van der Waals surface area contributed by atoms with Crippen LogP contribution in [0.15, 0.2) is 79.1 Å². The van der Waals surface area contributed by atoms with Crippen LogP contribution in [-0.4, -0.2) is 31.4 Å². The Balaban J connectivity index is 1.56. The quantitative estimate of drug-likeness (QED) is 0.284. The summed E-state index contributed by atoms with van der Waals surface area (Å²) in [6, 6.07) is 17.4. The molecule has 0 fully saturated rings. The number of hydrogen-bond donors (Lipinski definition) is 3. The van der Waals surface area contributed by atoms with Crippen LogP contribution in [0, 0.1) is 0 Å². The fraction of sp³-hybridized carbons (Fsp3) is 0.111. The van der Waals surface area contributed by atoms with Crippen molar-refractivity contribution < 1.29 is 22.8 Å². The zero-order chi connectivity index (χ0) is 26.9. The van der Waals surface area contributed by atoms with Crippen molar-refractivity contribution in [1.29, 1.82) is 0 Å². The average molecular weight is 518 g/mol. The molecule has 0 aliphatic carbocycles. The maximum atomic E-state index is 13.7. The van der Waals surface area contributed by atoms with Crippen molar-refractivity contribution in [3.05, 3.63) is 95.8 Å². The van der Waals surface area contributed by atoms with Crippen LogP contribution in [0.1, 0.15) is 28.4 Å². The Morgan fingerprint density at radius 2 is 1.82 bits per heavy atom. The lowest BCUT2D eigenvalue weighted by Crippen LogP contribution is -2.19. The number of nitrogens with zero attached hydrogens (tertiary/aromatic N) is 3. The lowest BCUT2D eigenvalue weighted by atomic mass is 10.0. The number of imidazole rings is 1. The van der Waals surface area contributed by atoms with Crippen LogP contribution < -0.4 is 10.6 Å². The summed E-state index contributed by atoms with van der Waals surface area (Å²) in [5.41, 5.74) is 1.64. The van der Waals surface area contributed by atoms with Gasteiger partial charge in [0.2, 0.25) is 5.91 Å². The number of aromatic amines is 1. The van der Waals surface area contributed by atoms with Gasteiger partial charge in [-0.3, -0.25) is 19.1 Å². The molecule has 5 rings (SSSR count). The van der Waals surface area contributed by atoms with Gasteiger partial charge in [0.15, 0.2) is 0 Å². The molecule has 11 heteroatoms. The highest BCUT2D eigenvalue weighted by molar-refractivity contribution is 6.06. The summed E-state index contributed by atoms with van der Waals surface area (Å²) in [5.74, 6) is -0.428. The highest BCUT2D eigenvalue weighted by Crippen LogP contribution is 2.37. The third-order valence-corrected chi connectivity index (χ3v) is 5.89. The van der Waals surface area contributed by atoms with Crippen molar-refractivity contribution in [3.8, 4) is 22.5 Å². The van der Waals surface area contributed by atoms with E-state index >= 15 is 0 Å². The maximum Gasteiger partial charge on any atom is 0.417 e. The van der Waals surface area contributed by atoms with Crippen LogP contribution in [0.2, 0.25) is 0 Å². The molecule has 38 heavy (non-hydrogen) atoms. The van der Waals surface area contributed by atoms with Gasteiger partial charge >= 0.3 is 6.18 Å². The first-order valence-corrected chi connectivity index (χ1v) is 11.5. The molecule has 8 nitrogen and oxygen atoms in total. The molecule has 192 valence electrons. The van der Waals surface area contributed by atoms with Gasteiger partial charge in [-0.2, -0.15) is 18.3 Å². The number of H-pyrrole nitrogens is 1. The summed E-state index contributed by atoms with van der Waals surface area (Å²) < 4.78 is 42.6. The predicted molar refractivity (Wildman–Crippen MR) is 135 cm³/mol. The van der Waals surface area contributed by atoms with Crippen molar-refractivity contribution in [2.24, 2.45) is 0 Å². The van der Waals surface area contributed by atoms with E-state index in [1.165, 1.54) is 25.3 Å². The summed E-state index contributed by atoms with van der Waals surface area (Å²) in [5, 5.41) is 11.8. The normalized spacial score (nSPS) is 11.5. The van der Waals surface area contributed by atoms with Gasteiger partial charge in [0.05, 0.1) is 11.3 Å². The highest BCUT2D eigenvalue weighted by atomic mass is 19.4. The molecular weight excluding hydrogens is 497 g/mol. The van der Waals surface area contributed by atoms with Gasteiger partial charge in [-0.25, -0.2) is 4.98 Å². The molecule has 0 aliphatic rings. The fourth-order valence-corrected chi connectivity index (χ4v) is 4.08. The lowest BCUT2D eigenvalue weighted by Gasteiger charge is -2.14. The fourth-order valence-electron chi connectivity index (χ4n) is 4.08. The Hall–Kier alpha value is -4.93. The van der Waals surface area contributed by atoms with Crippen molar-refractivity contribution in [1.82, 2.24) is 24.9 Å². The number of hydrogen-bond acceptors (Lipinski definition) is 4. The second kappa shape index (κ2) is 9.85. The van der Waals surface area contributed by atoms with Gasteiger partial charge in [-0.15, -0.1) is 0 Å². The largest absolute Gasteiger partial charge is 0.417 e. The molecule has 0 spiro atoms. The first-order valence-electron chi connectivity index (χ1n) is 11.5. The standard InChI is InChI=1S/C27H21F3N6O2/c1-16(37)31-15-17-10-12-36-23(13-17)33-24(18-5-3-2-4-6-18)25(36)34-26(38)19-7-8-21(27(28,29)30)20(14-19)22-9-11-32-35-22/h2-14H,15H2,1H3,(H,31,37)(H,32,35)(H,34,38). The van der Waals surface area contributed by atoms with E-state index in [0.717, 1.165) is 23.3 Å². The molecule has 0 atom stereocenters. The summed E-state index contributed by atoms with van der Waals surface area (Å²) >= 11 is 0. The molecule has 0 unspecified atom stereocenters. The third-order valence-electron chi connectivity index (χ3n) is 5.89. The first-order chi connectivity index (χ1) is 18.2. The maximum absolute atomic E-state index is 13.7. The van der Waals surface area contributed by atoms with Crippen molar-refractivity contribution in [3.63, 3.8) is 0 Å². The van der Waals surface area contributed by atoms with E-state index in [-0.39, 0.29) is 22.7 Å². The Morgan fingerprint density at radius 3 is 2.50 bits per heavy atom. The lowest BCUT2D eigenvalue weighted by molar-refractivity contribution is -0.137. The van der Waals surface area contributed by atoms with E-state index < -0.39 is 17.6 Å². The number of aromatic nitrogens is 4. The summed E-state index contributed by atoms with van der Waals surface area (Å²) in [7, 11) is 0. The van der Waals surface area contributed by atoms with Gasteiger partial charge in [-0.1, -0.05) is 30.3 Å². The Kier molecular flexibility index (Phi) is 6.41. The molecule has 2 aromatic carbocycles. The number of carbonyl (C=O) groups is 2. The molecule has 0 radical (unpaired) electrons. The number of benzene rings is 2. The monoisotopic (exact) mass is 518 g/mol. The van der Waals surface area contributed by atoms with Crippen molar-refractivity contribution >= 4 is 23.3 Å². The van der Waals surface area contributed by atoms with E-state index in [4.69, 9.17) is 4.98 Å². The average Bonchev–Trinajstić information content (AvgIpc) is 3.56. The minimum Gasteiger partial charge on any atom is -0.352 e. The first kappa shape index (κ1) is 24.8. The number of pyridine rings is 1. The highest BCUT2D eigenvalue weighted by Gasteiger charge is 2.34. The summed E-state index contributed by atoms with van der Waals surface area (Å²) in [4.78, 5) is 29.4. The van der Waals surface area contributed by atoms with E-state index in [2.05, 4.69) is 20.8 Å². The topological polar surface area (TPSA) is 104 Å². The van der Waals surface area contributed by atoms with Crippen LogP contribution in [0.25, 0.3) is 28.2 Å². The van der Waals surface area contributed by atoms with E-state index in [0.29, 0.717) is 23.7 Å².